The molecule has 0 aliphatic carbocycles. The predicted molar refractivity (Wildman–Crippen MR) is 78.4 cm³/mol. The van der Waals surface area contributed by atoms with Gasteiger partial charge >= 0.3 is 0 Å². The van der Waals surface area contributed by atoms with Gasteiger partial charge in [-0.25, -0.2) is 13.4 Å². The first kappa shape index (κ1) is 16.1. The van der Waals surface area contributed by atoms with Gasteiger partial charge in [0.15, 0.2) is 15.0 Å². The third-order valence-electron chi connectivity index (χ3n) is 2.97. The molecular weight excluding hydrogens is 284 g/mol. The van der Waals surface area contributed by atoms with Crippen molar-refractivity contribution >= 4 is 32.2 Å². The van der Waals surface area contributed by atoms with E-state index in [0.717, 1.165) is 11.9 Å². The summed E-state index contributed by atoms with van der Waals surface area (Å²) in [6.45, 7) is 8.84. The van der Waals surface area contributed by atoms with Crippen LogP contribution in [-0.2, 0) is 20.0 Å². The Morgan fingerprint density at radius 3 is 2.16 bits per heavy atom. The Kier molecular flexibility index (Phi) is 4.12. The molecule has 1 N–H and O–H groups in total. The number of carbonyl (C=O) groups excluding carboxylic acids is 1. The number of sulfone groups is 1. The van der Waals surface area contributed by atoms with Crippen LogP contribution >= 0.6 is 11.3 Å². The minimum atomic E-state index is -3.48. The molecule has 0 unspecified atom stereocenters. The van der Waals surface area contributed by atoms with Crippen molar-refractivity contribution in [2.75, 3.05) is 11.6 Å². The van der Waals surface area contributed by atoms with Crippen LogP contribution in [0.2, 0.25) is 0 Å². The van der Waals surface area contributed by atoms with Crippen molar-refractivity contribution in [3.05, 3.63) is 11.1 Å². The third-order valence-corrected chi connectivity index (χ3v) is 5.76. The molecule has 0 fully saturated rings. The molecule has 1 aromatic rings. The van der Waals surface area contributed by atoms with E-state index in [0.29, 0.717) is 5.13 Å². The van der Waals surface area contributed by atoms with Gasteiger partial charge in [-0.15, -0.1) is 11.3 Å². The highest BCUT2D eigenvalue weighted by Gasteiger charge is 2.38. The summed E-state index contributed by atoms with van der Waals surface area (Å²) in [5, 5.41) is 4.86. The Hall–Kier alpha value is -0.950. The molecule has 1 amide bonds. The van der Waals surface area contributed by atoms with Gasteiger partial charge in [0.05, 0.1) is 5.69 Å². The van der Waals surface area contributed by atoms with E-state index >= 15 is 0 Å². The second-order valence-electron chi connectivity index (χ2n) is 6.02. The lowest BCUT2D eigenvalue weighted by Crippen LogP contribution is -2.43. The molecule has 0 atom stereocenters. The fourth-order valence-corrected chi connectivity index (χ4v) is 2.41. The van der Waals surface area contributed by atoms with Gasteiger partial charge in [-0.1, -0.05) is 20.8 Å². The van der Waals surface area contributed by atoms with Gasteiger partial charge in [0, 0.05) is 17.1 Å². The Balaban J connectivity index is 2.93. The monoisotopic (exact) mass is 304 g/mol. The molecule has 1 rings (SSSR count). The van der Waals surface area contributed by atoms with Gasteiger partial charge in [-0.3, -0.25) is 4.79 Å². The Labute approximate surface area is 118 Å². The molecule has 0 saturated heterocycles. The van der Waals surface area contributed by atoms with Gasteiger partial charge in [0.2, 0.25) is 5.91 Å². The van der Waals surface area contributed by atoms with Crippen LogP contribution in [0.3, 0.4) is 0 Å². The molecule has 0 bridgehead atoms. The summed E-state index contributed by atoms with van der Waals surface area (Å²) in [6, 6.07) is 0. The number of amides is 1. The summed E-state index contributed by atoms with van der Waals surface area (Å²) in [5.74, 6) is -0.565. The zero-order valence-corrected chi connectivity index (χ0v) is 13.7. The van der Waals surface area contributed by atoms with Crippen molar-refractivity contribution in [3.8, 4) is 0 Å². The normalized spacial score (nSPS) is 13.4. The molecule has 19 heavy (non-hydrogen) atoms. The molecule has 1 aromatic heterocycles. The van der Waals surface area contributed by atoms with E-state index in [9.17, 15) is 13.2 Å². The number of nitrogens with one attached hydrogen (secondary N) is 1. The van der Waals surface area contributed by atoms with Crippen LogP contribution in [0.1, 0.15) is 40.3 Å². The summed E-state index contributed by atoms with van der Waals surface area (Å²) in [5.41, 5.74) is 0.760. The van der Waals surface area contributed by atoms with Crippen molar-refractivity contribution in [3.63, 3.8) is 0 Å². The van der Waals surface area contributed by atoms with E-state index < -0.39 is 20.5 Å². The van der Waals surface area contributed by atoms with Crippen LogP contribution in [-0.4, -0.2) is 30.3 Å². The second kappa shape index (κ2) is 4.86. The molecule has 0 aliphatic heterocycles. The number of carbonyl (C=O) groups is 1. The second-order valence-corrected chi connectivity index (χ2v) is 9.45. The minimum absolute atomic E-state index is 0.105. The Morgan fingerprint density at radius 2 is 1.79 bits per heavy atom. The molecule has 108 valence electrons. The molecule has 0 saturated carbocycles. The first-order valence-electron chi connectivity index (χ1n) is 5.83. The summed E-state index contributed by atoms with van der Waals surface area (Å²) >= 11 is 1.29. The fraction of sp³-hybridized carbons (Fsp3) is 0.667. The lowest BCUT2D eigenvalue weighted by atomic mass is 9.93. The van der Waals surface area contributed by atoms with E-state index in [4.69, 9.17) is 0 Å². The van der Waals surface area contributed by atoms with Crippen LogP contribution in [0, 0.1) is 0 Å². The first-order chi connectivity index (χ1) is 8.35. The summed E-state index contributed by atoms with van der Waals surface area (Å²) in [7, 11) is -3.48. The topological polar surface area (TPSA) is 76.1 Å². The largest absolute Gasteiger partial charge is 0.301 e. The zero-order chi connectivity index (χ0) is 15.1. The summed E-state index contributed by atoms with van der Waals surface area (Å²) < 4.78 is 21.7. The number of anilines is 1. The quantitative estimate of drug-likeness (QED) is 0.929. The Bertz CT molecular complexity index is 580. The first-order valence-corrected chi connectivity index (χ1v) is 8.60. The predicted octanol–water partition coefficient (Wildman–Crippen LogP) is 2.20. The smallest absolute Gasteiger partial charge is 0.247 e. The molecule has 1 heterocycles. The standard InChI is InChI=1S/C12H20N2O3S2/c1-11(2,3)8-7-18-10(13-8)14-9(15)12(4,5)19(6,16)17/h7H,1-6H3,(H,13,14,15). The molecule has 7 heteroatoms. The van der Waals surface area contributed by atoms with Crippen molar-refractivity contribution in [1.29, 1.82) is 0 Å². The van der Waals surface area contributed by atoms with E-state index in [1.165, 1.54) is 25.2 Å². The third kappa shape index (κ3) is 3.54. The number of nitrogens with zero attached hydrogens (tertiary/aromatic N) is 1. The lowest BCUT2D eigenvalue weighted by Gasteiger charge is -2.20. The van der Waals surface area contributed by atoms with Gasteiger partial charge in [-0.2, -0.15) is 0 Å². The molecule has 0 aliphatic rings. The van der Waals surface area contributed by atoms with E-state index in [-0.39, 0.29) is 5.41 Å². The van der Waals surface area contributed by atoms with Crippen LogP contribution in [0.25, 0.3) is 0 Å². The van der Waals surface area contributed by atoms with Crippen molar-refractivity contribution in [1.82, 2.24) is 4.98 Å². The maximum absolute atomic E-state index is 12.0. The van der Waals surface area contributed by atoms with Crippen molar-refractivity contribution in [2.24, 2.45) is 0 Å². The fourth-order valence-electron chi connectivity index (χ4n) is 1.09. The number of thiazole rings is 1. The van der Waals surface area contributed by atoms with Crippen molar-refractivity contribution in [2.45, 2.75) is 44.8 Å². The highest BCUT2D eigenvalue weighted by atomic mass is 32.2. The zero-order valence-electron chi connectivity index (χ0n) is 12.1. The number of hydrogen-bond acceptors (Lipinski definition) is 5. The maximum atomic E-state index is 12.0. The highest BCUT2D eigenvalue weighted by molar-refractivity contribution is 7.92. The number of rotatable bonds is 3. The van der Waals surface area contributed by atoms with Gasteiger partial charge in [-0.05, 0) is 13.8 Å². The number of aromatic nitrogens is 1. The van der Waals surface area contributed by atoms with Crippen LogP contribution in [0.4, 0.5) is 5.13 Å². The number of hydrogen-bond donors (Lipinski definition) is 1. The average Bonchev–Trinajstić information content (AvgIpc) is 2.63. The van der Waals surface area contributed by atoms with Crippen LogP contribution < -0.4 is 5.32 Å². The molecule has 0 aromatic carbocycles. The summed E-state index contributed by atoms with van der Waals surface area (Å²) in [4.78, 5) is 16.3. The van der Waals surface area contributed by atoms with Gasteiger partial charge < -0.3 is 5.32 Å². The lowest BCUT2D eigenvalue weighted by molar-refractivity contribution is -0.117. The van der Waals surface area contributed by atoms with Crippen molar-refractivity contribution < 1.29 is 13.2 Å². The van der Waals surface area contributed by atoms with E-state index in [2.05, 4.69) is 10.3 Å². The maximum Gasteiger partial charge on any atom is 0.247 e. The van der Waals surface area contributed by atoms with E-state index in [1.807, 2.05) is 26.2 Å². The van der Waals surface area contributed by atoms with Crippen LogP contribution in [0.15, 0.2) is 5.38 Å². The SMILES string of the molecule is CC(C)(C)c1csc(NC(=O)C(C)(C)S(C)(=O)=O)n1. The highest BCUT2D eigenvalue weighted by Crippen LogP contribution is 2.27. The average molecular weight is 304 g/mol. The molecule has 0 radical (unpaired) electrons. The van der Waals surface area contributed by atoms with Gasteiger partial charge in [0.1, 0.15) is 4.75 Å². The van der Waals surface area contributed by atoms with E-state index in [1.54, 1.807) is 0 Å². The summed E-state index contributed by atoms with van der Waals surface area (Å²) in [6.07, 6.45) is 1.05. The van der Waals surface area contributed by atoms with Gasteiger partial charge in [0.25, 0.3) is 0 Å². The molecule has 5 nitrogen and oxygen atoms in total. The molecular formula is C12H20N2O3S2. The van der Waals surface area contributed by atoms with Crippen LogP contribution in [0.5, 0.6) is 0 Å². The minimum Gasteiger partial charge on any atom is -0.301 e. The Morgan fingerprint density at radius 1 is 1.26 bits per heavy atom. The molecule has 0 spiro atoms.